The molecule has 8 heteroatoms. The molecule has 0 radical (unpaired) electrons. The molecule has 0 aliphatic carbocycles. The first-order valence-corrected chi connectivity index (χ1v) is 7.33. The number of nitrogen functional groups attached to an aromatic ring is 1. The van der Waals surface area contributed by atoms with Crippen molar-refractivity contribution in [2.75, 3.05) is 17.8 Å². The topological polar surface area (TPSA) is 95.1 Å². The van der Waals surface area contributed by atoms with Crippen molar-refractivity contribution >= 4 is 23.4 Å². The van der Waals surface area contributed by atoms with Crippen LogP contribution in [0.4, 0.5) is 5.69 Å². The highest BCUT2D eigenvalue weighted by Crippen LogP contribution is 2.21. The molecule has 0 aliphatic rings. The zero-order chi connectivity index (χ0) is 15.2. The molecular weight excluding hydrogens is 290 g/mol. The second kappa shape index (κ2) is 6.98. The van der Waals surface area contributed by atoms with Gasteiger partial charge < -0.3 is 15.9 Å². The fourth-order valence-corrected chi connectivity index (χ4v) is 2.32. The minimum Gasteiger partial charge on any atom is -0.494 e. The first-order chi connectivity index (χ1) is 10.1. The zero-order valence-corrected chi connectivity index (χ0v) is 12.6. The Morgan fingerprint density at radius 2 is 2.19 bits per heavy atom. The van der Waals surface area contributed by atoms with Crippen LogP contribution in [0.3, 0.4) is 0 Å². The first-order valence-electron chi connectivity index (χ1n) is 6.45. The number of nitrogens with one attached hydrogen (secondary N) is 1. The van der Waals surface area contributed by atoms with Gasteiger partial charge in [0.15, 0.2) is 0 Å². The second-order valence-corrected chi connectivity index (χ2v) is 5.54. The van der Waals surface area contributed by atoms with Gasteiger partial charge in [0, 0.05) is 5.69 Å². The normalized spacial score (nSPS) is 11.9. The fraction of sp³-hybridized carbons (Fsp3) is 0.308. The summed E-state index contributed by atoms with van der Waals surface area (Å²) < 4.78 is 6.63. The van der Waals surface area contributed by atoms with Crippen LogP contribution in [-0.4, -0.2) is 32.6 Å². The van der Waals surface area contributed by atoms with Gasteiger partial charge in [-0.1, -0.05) is 11.8 Å². The summed E-state index contributed by atoms with van der Waals surface area (Å²) in [6.07, 6.45) is 1.39. The Morgan fingerprint density at radius 3 is 2.76 bits per heavy atom. The Morgan fingerprint density at radius 1 is 1.48 bits per heavy atom. The molecule has 2 rings (SSSR count). The SMILES string of the molecule is CCOc1ccc(NC(=O)[C@@H](C)Sc2nncn2N)cc1. The van der Waals surface area contributed by atoms with E-state index >= 15 is 0 Å². The summed E-state index contributed by atoms with van der Waals surface area (Å²) in [5.74, 6) is 6.25. The molecule has 1 heterocycles. The molecular formula is C13H17N5O2S. The number of amides is 1. The van der Waals surface area contributed by atoms with Gasteiger partial charge in [-0.05, 0) is 38.1 Å². The molecule has 112 valence electrons. The van der Waals surface area contributed by atoms with E-state index in [4.69, 9.17) is 10.6 Å². The largest absolute Gasteiger partial charge is 0.494 e. The number of aromatic nitrogens is 3. The molecule has 0 bridgehead atoms. The lowest BCUT2D eigenvalue weighted by atomic mass is 10.3. The van der Waals surface area contributed by atoms with Crippen molar-refractivity contribution in [2.45, 2.75) is 24.3 Å². The molecule has 21 heavy (non-hydrogen) atoms. The molecule has 2 aromatic rings. The maximum absolute atomic E-state index is 12.1. The van der Waals surface area contributed by atoms with Crippen molar-refractivity contribution in [1.29, 1.82) is 0 Å². The molecule has 1 amide bonds. The predicted molar refractivity (Wildman–Crippen MR) is 81.7 cm³/mol. The summed E-state index contributed by atoms with van der Waals surface area (Å²) >= 11 is 1.24. The number of benzene rings is 1. The monoisotopic (exact) mass is 307 g/mol. The standard InChI is InChI=1S/C13H17N5O2S/c1-3-20-11-6-4-10(5-7-11)16-12(19)9(2)21-13-17-15-8-18(13)14/h4-9H,3,14H2,1-2H3,(H,16,19)/t9-/m1/s1. The minimum absolute atomic E-state index is 0.132. The van der Waals surface area contributed by atoms with E-state index in [1.807, 2.05) is 19.1 Å². The van der Waals surface area contributed by atoms with Crippen LogP contribution < -0.4 is 15.9 Å². The van der Waals surface area contributed by atoms with Crippen LogP contribution in [-0.2, 0) is 4.79 Å². The molecule has 7 nitrogen and oxygen atoms in total. The third-order valence-electron chi connectivity index (χ3n) is 2.62. The van der Waals surface area contributed by atoms with E-state index in [0.29, 0.717) is 17.5 Å². The third-order valence-corrected chi connectivity index (χ3v) is 3.70. The highest BCUT2D eigenvalue weighted by Gasteiger charge is 2.17. The van der Waals surface area contributed by atoms with E-state index in [1.54, 1.807) is 19.1 Å². The summed E-state index contributed by atoms with van der Waals surface area (Å²) in [5.41, 5.74) is 0.713. The lowest BCUT2D eigenvalue weighted by Crippen LogP contribution is -2.23. The van der Waals surface area contributed by atoms with Crippen LogP contribution >= 0.6 is 11.8 Å². The summed E-state index contributed by atoms with van der Waals surface area (Å²) in [6.45, 7) is 4.31. The van der Waals surface area contributed by atoms with Crippen molar-refractivity contribution < 1.29 is 9.53 Å². The number of rotatable bonds is 6. The molecule has 0 spiro atoms. The quantitative estimate of drug-likeness (QED) is 0.620. The van der Waals surface area contributed by atoms with Crippen molar-refractivity contribution in [3.05, 3.63) is 30.6 Å². The van der Waals surface area contributed by atoms with Gasteiger partial charge in [0.05, 0.1) is 11.9 Å². The average Bonchev–Trinajstić information content (AvgIpc) is 2.86. The molecule has 0 aliphatic heterocycles. The van der Waals surface area contributed by atoms with Crippen LogP contribution in [0.2, 0.25) is 0 Å². The number of carbonyl (C=O) groups excluding carboxylic acids is 1. The van der Waals surface area contributed by atoms with Gasteiger partial charge in [0.1, 0.15) is 12.1 Å². The number of hydrogen-bond donors (Lipinski definition) is 2. The lowest BCUT2D eigenvalue weighted by Gasteiger charge is -2.11. The Kier molecular flexibility index (Phi) is 5.04. The average molecular weight is 307 g/mol. The highest BCUT2D eigenvalue weighted by molar-refractivity contribution is 8.00. The van der Waals surface area contributed by atoms with Crippen molar-refractivity contribution in [3.63, 3.8) is 0 Å². The molecule has 1 aromatic heterocycles. The first kappa shape index (κ1) is 15.2. The van der Waals surface area contributed by atoms with Gasteiger partial charge in [-0.25, -0.2) is 4.68 Å². The van der Waals surface area contributed by atoms with Crippen molar-refractivity contribution in [3.8, 4) is 5.75 Å². The van der Waals surface area contributed by atoms with Gasteiger partial charge in [0.25, 0.3) is 0 Å². The lowest BCUT2D eigenvalue weighted by molar-refractivity contribution is -0.115. The van der Waals surface area contributed by atoms with Crippen LogP contribution in [0, 0.1) is 0 Å². The van der Waals surface area contributed by atoms with E-state index < -0.39 is 0 Å². The molecule has 0 unspecified atom stereocenters. The van der Waals surface area contributed by atoms with Gasteiger partial charge >= 0.3 is 0 Å². The van der Waals surface area contributed by atoms with Crippen LogP contribution in [0.5, 0.6) is 5.75 Å². The summed E-state index contributed by atoms with van der Waals surface area (Å²) in [7, 11) is 0. The Labute approximate surface area is 126 Å². The maximum atomic E-state index is 12.1. The maximum Gasteiger partial charge on any atom is 0.237 e. The molecule has 3 N–H and O–H groups in total. The smallest absolute Gasteiger partial charge is 0.237 e. The molecule has 0 saturated heterocycles. The van der Waals surface area contributed by atoms with Gasteiger partial charge in [-0.2, -0.15) is 0 Å². The number of carbonyl (C=O) groups is 1. The zero-order valence-electron chi connectivity index (χ0n) is 11.8. The van der Waals surface area contributed by atoms with Gasteiger partial charge in [-0.3, -0.25) is 4.79 Å². The van der Waals surface area contributed by atoms with Crippen molar-refractivity contribution in [2.24, 2.45) is 0 Å². The number of thioether (sulfide) groups is 1. The fourth-order valence-electron chi connectivity index (χ4n) is 1.57. The molecule has 0 fully saturated rings. The summed E-state index contributed by atoms with van der Waals surface area (Å²) in [4.78, 5) is 12.1. The number of hydrogen-bond acceptors (Lipinski definition) is 6. The number of ether oxygens (including phenoxy) is 1. The van der Waals surface area contributed by atoms with Gasteiger partial charge in [-0.15, -0.1) is 10.2 Å². The van der Waals surface area contributed by atoms with Crippen LogP contribution in [0.15, 0.2) is 35.7 Å². The highest BCUT2D eigenvalue weighted by atomic mass is 32.2. The van der Waals surface area contributed by atoms with Crippen LogP contribution in [0.1, 0.15) is 13.8 Å². The summed E-state index contributed by atoms with van der Waals surface area (Å²) in [6, 6.07) is 7.22. The number of nitrogens with zero attached hydrogens (tertiary/aromatic N) is 3. The number of nitrogens with two attached hydrogens (primary N) is 1. The minimum atomic E-state index is -0.344. The van der Waals surface area contributed by atoms with E-state index in [1.165, 1.54) is 22.8 Å². The Hall–Kier alpha value is -2.22. The molecule has 1 atom stereocenters. The van der Waals surface area contributed by atoms with Crippen LogP contribution in [0.25, 0.3) is 0 Å². The van der Waals surface area contributed by atoms with Crippen molar-refractivity contribution in [1.82, 2.24) is 14.9 Å². The van der Waals surface area contributed by atoms with E-state index in [9.17, 15) is 4.79 Å². The number of anilines is 1. The Bertz CT molecular complexity index is 599. The predicted octanol–water partition coefficient (Wildman–Crippen LogP) is 1.51. The van der Waals surface area contributed by atoms with E-state index in [-0.39, 0.29) is 11.2 Å². The van der Waals surface area contributed by atoms with E-state index in [2.05, 4.69) is 15.5 Å². The van der Waals surface area contributed by atoms with E-state index in [0.717, 1.165) is 5.75 Å². The third kappa shape index (κ3) is 4.12. The second-order valence-electron chi connectivity index (χ2n) is 4.23. The van der Waals surface area contributed by atoms with Gasteiger partial charge in [0.2, 0.25) is 11.1 Å². The molecule has 0 saturated carbocycles. The molecule has 1 aromatic carbocycles. The summed E-state index contributed by atoms with van der Waals surface area (Å²) in [5, 5.41) is 10.5. The Balaban J connectivity index is 1.92.